The van der Waals surface area contributed by atoms with Gasteiger partial charge >= 0.3 is 0 Å². The second-order valence-electron chi connectivity index (χ2n) is 6.92. The zero-order chi connectivity index (χ0) is 21.2. The number of carbonyl (C=O) groups is 2. The Hall–Kier alpha value is -3.60. The average Bonchev–Trinajstić information content (AvgIpc) is 2.80. The van der Waals surface area contributed by atoms with Gasteiger partial charge in [0.15, 0.2) is 0 Å². The summed E-state index contributed by atoms with van der Waals surface area (Å²) in [7, 11) is 1.64. The first kappa shape index (κ1) is 21.1. The molecule has 0 fully saturated rings. The van der Waals surface area contributed by atoms with Crippen LogP contribution in [0.1, 0.15) is 33.9 Å². The lowest BCUT2D eigenvalue weighted by molar-refractivity contribution is -0.121. The van der Waals surface area contributed by atoms with Gasteiger partial charge in [-0.2, -0.15) is 0 Å². The molecular formula is C25H26N2O3. The van der Waals surface area contributed by atoms with E-state index in [4.69, 9.17) is 4.74 Å². The maximum atomic E-state index is 12.6. The number of benzene rings is 3. The van der Waals surface area contributed by atoms with E-state index < -0.39 is 6.04 Å². The molecule has 5 heteroatoms. The molecule has 0 aromatic heterocycles. The maximum Gasteiger partial charge on any atom is 0.251 e. The number of carbonyl (C=O) groups excluding carboxylic acids is 2. The number of amides is 2. The number of ether oxygens (including phenoxy) is 1. The van der Waals surface area contributed by atoms with Crippen LogP contribution < -0.4 is 15.4 Å². The van der Waals surface area contributed by atoms with Crippen LogP contribution in [0.25, 0.3) is 0 Å². The van der Waals surface area contributed by atoms with E-state index in [1.54, 1.807) is 19.2 Å². The van der Waals surface area contributed by atoms with Crippen LogP contribution in [0.5, 0.6) is 5.75 Å². The van der Waals surface area contributed by atoms with Gasteiger partial charge in [-0.25, -0.2) is 0 Å². The van der Waals surface area contributed by atoms with Crippen molar-refractivity contribution in [3.8, 4) is 5.75 Å². The summed E-state index contributed by atoms with van der Waals surface area (Å²) in [5.74, 6) is 0.488. The van der Waals surface area contributed by atoms with E-state index >= 15 is 0 Å². The molecule has 5 nitrogen and oxygen atoms in total. The predicted octanol–water partition coefficient (Wildman–Crippen LogP) is 3.92. The topological polar surface area (TPSA) is 67.4 Å². The first-order valence-corrected chi connectivity index (χ1v) is 9.97. The van der Waals surface area contributed by atoms with Crippen LogP contribution in [0.2, 0.25) is 0 Å². The molecule has 0 saturated heterocycles. The fraction of sp³-hybridized carbons (Fsp3) is 0.200. The van der Waals surface area contributed by atoms with Crippen molar-refractivity contribution in [1.29, 1.82) is 0 Å². The molecule has 3 rings (SSSR count). The molecule has 154 valence electrons. The van der Waals surface area contributed by atoms with Gasteiger partial charge in [-0.05, 0) is 35.7 Å². The summed E-state index contributed by atoms with van der Waals surface area (Å²) < 4.78 is 5.35. The number of hydrogen-bond donors (Lipinski definition) is 2. The van der Waals surface area contributed by atoms with Gasteiger partial charge in [0.05, 0.1) is 19.6 Å². The van der Waals surface area contributed by atoms with Crippen LogP contribution in [0.4, 0.5) is 0 Å². The third-order valence-electron chi connectivity index (χ3n) is 4.84. The molecule has 2 amide bonds. The molecule has 0 saturated carbocycles. The molecule has 0 unspecified atom stereocenters. The first-order chi connectivity index (χ1) is 14.7. The van der Waals surface area contributed by atoms with Gasteiger partial charge in [0.25, 0.3) is 5.91 Å². The van der Waals surface area contributed by atoms with Gasteiger partial charge in [0.1, 0.15) is 5.75 Å². The third-order valence-corrected chi connectivity index (χ3v) is 4.84. The highest BCUT2D eigenvalue weighted by Gasteiger charge is 2.19. The van der Waals surface area contributed by atoms with Crippen LogP contribution >= 0.6 is 0 Å². The fourth-order valence-electron chi connectivity index (χ4n) is 3.27. The molecule has 3 aromatic carbocycles. The minimum absolute atomic E-state index is 0.118. The fourth-order valence-corrected chi connectivity index (χ4v) is 3.27. The van der Waals surface area contributed by atoms with Gasteiger partial charge in [0, 0.05) is 12.1 Å². The zero-order valence-electron chi connectivity index (χ0n) is 17.0. The van der Waals surface area contributed by atoms with E-state index in [0.29, 0.717) is 18.5 Å². The van der Waals surface area contributed by atoms with E-state index in [0.717, 1.165) is 16.9 Å². The quantitative estimate of drug-likeness (QED) is 0.570. The number of nitrogens with one attached hydrogen (secondary N) is 2. The van der Waals surface area contributed by atoms with Gasteiger partial charge in [0.2, 0.25) is 5.91 Å². The number of para-hydroxylation sites is 1. The number of methoxy groups -OCH3 is 1. The van der Waals surface area contributed by atoms with Crippen molar-refractivity contribution in [1.82, 2.24) is 10.6 Å². The largest absolute Gasteiger partial charge is 0.496 e. The lowest BCUT2D eigenvalue weighted by Crippen LogP contribution is -2.34. The van der Waals surface area contributed by atoms with Crippen LogP contribution in [-0.4, -0.2) is 25.5 Å². The van der Waals surface area contributed by atoms with Gasteiger partial charge in [-0.15, -0.1) is 0 Å². The summed E-state index contributed by atoms with van der Waals surface area (Å²) >= 11 is 0. The SMILES string of the molecule is COc1ccccc1CCNC(=O)C[C@@H](NC(=O)c1ccccc1)c1ccccc1. The second kappa shape index (κ2) is 10.8. The minimum Gasteiger partial charge on any atom is -0.496 e. The van der Waals surface area contributed by atoms with Crippen molar-refractivity contribution in [3.63, 3.8) is 0 Å². The average molecular weight is 402 g/mol. The molecule has 0 heterocycles. The summed E-state index contributed by atoms with van der Waals surface area (Å²) in [6.45, 7) is 0.493. The van der Waals surface area contributed by atoms with Crippen molar-refractivity contribution >= 4 is 11.8 Å². The summed E-state index contributed by atoms with van der Waals surface area (Å²) in [5, 5.41) is 5.94. The predicted molar refractivity (Wildman–Crippen MR) is 117 cm³/mol. The third kappa shape index (κ3) is 5.95. The maximum absolute atomic E-state index is 12.6. The molecule has 2 N–H and O–H groups in total. The number of hydrogen-bond acceptors (Lipinski definition) is 3. The summed E-state index contributed by atoms with van der Waals surface area (Å²) in [5.41, 5.74) is 2.49. The van der Waals surface area contributed by atoms with E-state index in [1.165, 1.54) is 0 Å². The molecule has 0 bridgehead atoms. The van der Waals surface area contributed by atoms with Gasteiger partial charge < -0.3 is 15.4 Å². The Kier molecular flexibility index (Phi) is 7.61. The molecule has 0 spiro atoms. The van der Waals surface area contributed by atoms with Crippen LogP contribution in [0.3, 0.4) is 0 Å². The van der Waals surface area contributed by atoms with E-state index in [2.05, 4.69) is 10.6 Å². The highest BCUT2D eigenvalue weighted by molar-refractivity contribution is 5.94. The highest BCUT2D eigenvalue weighted by Crippen LogP contribution is 2.19. The Balaban J connectivity index is 1.61. The smallest absolute Gasteiger partial charge is 0.251 e. The molecule has 0 aliphatic carbocycles. The summed E-state index contributed by atoms with van der Waals surface area (Å²) in [6.07, 6.45) is 0.830. The van der Waals surface area contributed by atoms with Crippen molar-refractivity contribution in [3.05, 3.63) is 102 Å². The summed E-state index contributed by atoms with van der Waals surface area (Å²) in [6, 6.07) is 25.9. The standard InChI is InChI=1S/C25H26N2O3/c1-30-23-15-9-8-12-20(23)16-17-26-24(28)18-22(19-10-4-2-5-11-19)27-25(29)21-13-6-3-7-14-21/h2-15,22H,16-18H2,1H3,(H,26,28)(H,27,29)/t22-/m1/s1. The molecular weight excluding hydrogens is 376 g/mol. The Labute approximate surface area is 177 Å². The van der Waals surface area contributed by atoms with Crippen molar-refractivity contribution in [2.24, 2.45) is 0 Å². The normalized spacial score (nSPS) is 11.4. The molecule has 30 heavy (non-hydrogen) atoms. The van der Waals surface area contributed by atoms with E-state index in [1.807, 2.05) is 72.8 Å². The van der Waals surface area contributed by atoms with Crippen LogP contribution in [-0.2, 0) is 11.2 Å². The molecule has 1 atom stereocenters. The van der Waals surface area contributed by atoms with Crippen LogP contribution in [0.15, 0.2) is 84.9 Å². The van der Waals surface area contributed by atoms with Crippen molar-refractivity contribution in [2.45, 2.75) is 18.9 Å². The first-order valence-electron chi connectivity index (χ1n) is 9.97. The molecule has 0 aliphatic heterocycles. The van der Waals surface area contributed by atoms with Gasteiger partial charge in [-0.1, -0.05) is 66.7 Å². The molecule has 0 radical (unpaired) electrons. The second-order valence-corrected chi connectivity index (χ2v) is 6.92. The Bertz CT molecular complexity index is 958. The Morgan fingerprint density at radius 1 is 0.867 bits per heavy atom. The molecule has 0 aliphatic rings. The van der Waals surface area contributed by atoms with E-state index in [9.17, 15) is 9.59 Å². The zero-order valence-corrected chi connectivity index (χ0v) is 17.0. The lowest BCUT2D eigenvalue weighted by Gasteiger charge is -2.19. The lowest BCUT2D eigenvalue weighted by atomic mass is 10.0. The number of rotatable bonds is 9. The Morgan fingerprint density at radius 3 is 2.20 bits per heavy atom. The molecule has 3 aromatic rings. The van der Waals surface area contributed by atoms with Crippen molar-refractivity contribution < 1.29 is 14.3 Å². The van der Waals surface area contributed by atoms with Gasteiger partial charge in [-0.3, -0.25) is 9.59 Å². The van der Waals surface area contributed by atoms with Crippen molar-refractivity contribution in [2.75, 3.05) is 13.7 Å². The monoisotopic (exact) mass is 402 g/mol. The van der Waals surface area contributed by atoms with Crippen LogP contribution in [0, 0.1) is 0 Å². The highest BCUT2D eigenvalue weighted by atomic mass is 16.5. The van der Waals surface area contributed by atoms with E-state index in [-0.39, 0.29) is 18.2 Å². The summed E-state index contributed by atoms with van der Waals surface area (Å²) in [4.78, 5) is 25.2. The minimum atomic E-state index is -0.412. The Morgan fingerprint density at radius 2 is 1.50 bits per heavy atom.